The summed E-state index contributed by atoms with van der Waals surface area (Å²) >= 11 is 0. The molecule has 19 heavy (non-hydrogen) atoms. The lowest BCUT2D eigenvalue weighted by Gasteiger charge is -2.00. The molecular weight excluding hydrogens is 240 g/mol. The molecule has 0 radical (unpaired) electrons. The van der Waals surface area contributed by atoms with Crippen LogP contribution in [0.2, 0.25) is 0 Å². The van der Waals surface area contributed by atoms with Crippen LogP contribution in [-0.4, -0.2) is 28.7 Å². The molecule has 0 fully saturated rings. The minimum Gasteiger partial charge on any atom is -0.350 e. The van der Waals surface area contributed by atoms with Crippen LogP contribution in [0.25, 0.3) is 22.3 Å². The van der Waals surface area contributed by atoms with Crippen molar-refractivity contribution in [3.8, 4) is 11.4 Å². The molecule has 3 aromatic rings. The van der Waals surface area contributed by atoms with Gasteiger partial charge < -0.3 is 4.57 Å². The van der Waals surface area contributed by atoms with Crippen LogP contribution in [-0.2, 0) is 13.6 Å². The number of benzene rings is 1. The van der Waals surface area contributed by atoms with Crippen molar-refractivity contribution in [1.29, 1.82) is 0 Å². The van der Waals surface area contributed by atoms with Crippen LogP contribution >= 0.6 is 0 Å². The Morgan fingerprint density at radius 1 is 1.32 bits per heavy atom. The minimum absolute atomic E-state index is 0.706. The lowest BCUT2D eigenvalue weighted by molar-refractivity contribution is -0.388. The molecule has 0 aliphatic rings. The molecule has 0 unspecified atom stereocenters. The molecule has 1 N–H and O–H groups in total. The zero-order chi connectivity index (χ0) is 13.4. The van der Waals surface area contributed by atoms with Crippen LogP contribution in [0.1, 0.15) is 5.89 Å². The van der Waals surface area contributed by atoms with Crippen LogP contribution in [0.15, 0.2) is 35.0 Å². The third-order valence-corrected chi connectivity index (χ3v) is 3.12. The molecule has 5 heteroatoms. The Kier molecular flexibility index (Phi) is 2.83. The smallest absolute Gasteiger partial charge is 0.350 e. The zero-order valence-corrected chi connectivity index (χ0v) is 11.3. The van der Waals surface area contributed by atoms with Crippen molar-refractivity contribution in [3.63, 3.8) is 0 Å². The van der Waals surface area contributed by atoms with Crippen molar-refractivity contribution in [2.75, 3.05) is 14.1 Å². The van der Waals surface area contributed by atoms with Gasteiger partial charge in [0.1, 0.15) is 6.54 Å². The van der Waals surface area contributed by atoms with E-state index in [1.165, 1.54) is 10.9 Å². The standard InChI is InChI=1S/C14H16N4O/c1-17(2)9-13-15-14(16-19-13)11-8-18(3)12-7-5-4-6-10(11)12/h4-8H,9H2,1-3H3/p+1. The van der Waals surface area contributed by atoms with Gasteiger partial charge in [0.15, 0.2) is 5.16 Å². The first-order chi connectivity index (χ1) is 9.15. The van der Waals surface area contributed by atoms with Crippen LogP contribution in [0.5, 0.6) is 0 Å². The number of nitrogens with one attached hydrogen (secondary N) is 1. The number of fused-ring (bicyclic) bond motifs is 1. The quantitative estimate of drug-likeness (QED) is 0.717. The van der Waals surface area contributed by atoms with Crippen molar-refractivity contribution in [2.45, 2.75) is 6.54 Å². The van der Waals surface area contributed by atoms with E-state index < -0.39 is 0 Å². The molecule has 3 rings (SSSR count). The summed E-state index contributed by atoms with van der Waals surface area (Å²) in [5, 5.41) is 5.30. The van der Waals surface area contributed by atoms with Crippen molar-refractivity contribution in [2.24, 2.45) is 7.05 Å². The largest absolute Gasteiger partial charge is 0.380 e. The first-order valence-electron chi connectivity index (χ1n) is 6.22. The summed E-state index contributed by atoms with van der Waals surface area (Å²) in [6.07, 6.45) is 2.07. The normalized spacial score (nSPS) is 11.6. The Morgan fingerprint density at radius 2 is 2.11 bits per heavy atom. The average molecular weight is 257 g/mol. The average Bonchev–Trinajstić information content (AvgIpc) is 2.95. The molecule has 0 saturated carbocycles. The molecule has 0 amide bonds. The first-order valence-corrected chi connectivity index (χ1v) is 6.22. The molecule has 5 nitrogen and oxygen atoms in total. The molecule has 0 saturated heterocycles. The van der Waals surface area contributed by atoms with E-state index in [9.17, 15) is 0 Å². The second-order valence-corrected chi connectivity index (χ2v) is 4.99. The second kappa shape index (κ2) is 4.51. The van der Waals surface area contributed by atoms with Crippen molar-refractivity contribution in [1.82, 2.24) is 14.6 Å². The maximum absolute atomic E-state index is 5.33. The summed E-state index contributed by atoms with van der Waals surface area (Å²) in [6, 6.07) is 8.27. The van der Waals surface area contributed by atoms with E-state index in [4.69, 9.17) is 4.52 Å². The van der Waals surface area contributed by atoms with Crippen molar-refractivity contribution >= 4 is 10.9 Å². The maximum Gasteiger partial charge on any atom is 0.380 e. The van der Waals surface area contributed by atoms with Gasteiger partial charge in [-0.05, 0) is 20.2 Å². The Morgan fingerprint density at radius 3 is 2.89 bits per heavy atom. The third-order valence-electron chi connectivity index (χ3n) is 3.12. The molecule has 0 atom stereocenters. The molecular formula is C14H17N4O+. The summed E-state index contributed by atoms with van der Waals surface area (Å²) in [6.45, 7) is 0.706. The zero-order valence-electron chi connectivity index (χ0n) is 11.3. The lowest BCUT2D eigenvalue weighted by atomic mass is 10.2. The van der Waals surface area contributed by atoms with E-state index >= 15 is 0 Å². The SMILES string of the molecule is CN(C)Cc1[nH+]c(-c2cn(C)c3ccccc23)no1. The van der Waals surface area contributed by atoms with Crippen LogP contribution in [0, 0.1) is 0 Å². The highest BCUT2D eigenvalue weighted by molar-refractivity contribution is 5.93. The number of aryl methyl sites for hydroxylation is 1. The molecule has 0 aliphatic carbocycles. The molecule has 0 spiro atoms. The number of aromatic nitrogens is 3. The van der Waals surface area contributed by atoms with Gasteiger partial charge in [-0.25, -0.2) is 9.51 Å². The number of hydrogen-bond donors (Lipinski definition) is 0. The van der Waals surface area contributed by atoms with Crippen molar-refractivity contribution < 1.29 is 9.51 Å². The Hall–Kier alpha value is -2.14. The number of para-hydroxylation sites is 1. The predicted molar refractivity (Wildman–Crippen MR) is 72.4 cm³/mol. The lowest BCUT2D eigenvalue weighted by Crippen LogP contribution is -2.18. The molecule has 0 bridgehead atoms. The molecule has 2 aromatic heterocycles. The predicted octanol–water partition coefficient (Wildman–Crippen LogP) is 1.71. The van der Waals surface area contributed by atoms with Gasteiger partial charge in [-0.15, -0.1) is 0 Å². The number of H-pyrrole nitrogens is 1. The number of rotatable bonds is 3. The van der Waals surface area contributed by atoms with Gasteiger partial charge in [0, 0.05) is 24.1 Å². The van der Waals surface area contributed by atoms with Gasteiger partial charge in [0.05, 0.1) is 5.56 Å². The highest BCUT2D eigenvalue weighted by Gasteiger charge is 2.21. The van der Waals surface area contributed by atoms with E-state index in [1.807, 2.05) is 38.2 Å². The molecule has 98 valence electrons. The van der Waals surface area contributed by atoms with E-state index in [0.29, 0.717) is 6.54 Å². The summed E-state index contributed by atoms with van der Waals surface area (Å²) in [5.74, 6) is 1.53. The summed E-state index contributed by atoms with van der Waals surface area (Å²) < 4.78 is 7.43. The van der Waals surface area contributed by atoms with Crippen LogP contribution in [0.4, 0.5) is 0 Å². The maximum atomic E-state index is 5.33. The van der Waals surface area contributed by atoms with Gasteiger partial charge in [0.2, 0.25) is 0 Å². The van der Waals surface area contributed by atoms with Gasteiger partial charge in [0.25, 0.3) is 0 Å². The van der Waals surface area contributed by atoms with E-state index in [1.54, 1.807) is 0 Å². The van der Waals surface area contributed by atoms with Crippen molar-refractivity contribution in [3.05, 3.63) is 36.4 Å². The molecule has 2 heterocycles. The van der Waals surface area contributed by atoms with Gasteiger partial charge in [-0.3, -0.25) is 4.90 Å². The van der Waals surface area contributed by atoms with Gasteiger partial charge in [-0.2, -0.15) is 0 Å². The molecule has 1 aromatic carbocycles. The highest BCUT2D eigenvalue weighted by atomic mass is 16.5. The van der Waals surface area contributed by atoms with Gasteiger partial charge in [-0.1, -0.05) is 18.2 Å². The first kappa shape index (κ1) is 11.9. The summed E-state index contributed by atoms with van der Waals surface area (Å²) in [5.41, 5.74) is 2.25. The second-order valence-electron chi connectivity index (χ2n) is 4.99. The molecule has 0 aliphatic heterocycles. The van der Waals surface area contributed by atoms with E-state index in [0.717, 1.165) is 17.3 Å². The van der Waals surface area contributed by atoms with Gasteiger partial charge >= 0.3 is 11.7 Å². The number of nitrogens with zero attached hydrogens (tertiary/aromatic N) is 3. The van der Waals surface area contributed by atoms with Crippen LogP contribution < -0.4 is 4.98 Å². The highest BCUT2D eigenvalue weighted by Crippen LogP contribution is 2.26. The fraction of sp³-hybridized carbons (Fsp3) is 0.286. The fourth-order valence-corrected chi connectivity index (χ4v) is 2.28. The summed E-state index contributed by atoms with van der Waals surface area (Å²) in [7, 11) is 6.02. The number of aromatic amines is 1. The fourth-order valence-electron chi connectivity index (χ4n) is 2.28. The third kappa shape index (κ3) is 2.13. The number of hydrogen-bond acceptors (Lipinski definition) is 3. The topological polar surface area (TPSA) is 48.3 Å². The Bertz CT molecular complexity index is 711. The van der Waals surface area contributed by atoms with Crippen LogP contribution in [0.3, 0.4) is 0 Å². The Balaban J connectivity index is 2.07. The summed E-state index contributed by atoms with van der Waals surface area (Å²) in [4.78, 5) is 5.27. The van der Waals surface area contributed by atoms with E-state index in [-0.39, 0.29) is 0 Å². The van der Waals surface area contributed by atoms with E-state index in [2.05, 4.69) is 33.0 Å². The Labute approximate surface area is 111 Å². The monoisotopic (exact) mass is 257 g/mol. The minimum atomic E-state index is 0.706.